The van der Waals surface area contributed by atoms with Gasteiger partial charge in [-0.05, 0) is 25.0 Å². The molecule has 0 atom stereocenters. The van der Waals surface area contributed by atoms with Crippen LogP contribution in [0.5, 0.6) is 0 Å². The van der Waals surface area contributed by atoms with Crippen LogP contribution >= 0.6 is 0 Å². The van der Waals surface area contributed by atoms with E-state index in [1.165, 1.54) is 31.4 Å². The van der Waals surface area contributed by atoms with Crippen molar-refractivity contribution >= 4 is 12.1 Å². The lowest BCUT2D eigenvalue weighted by atomic mass is 10.2. The minimum absolute atomic E-state index is 0.0145. The van der Waals surface area contributed by atoms with Crippen molar-refractivity contribution in [3.05, 3.63) is 35.6 Å². The number of nitrogens with zero attached hydrogens (tertiary/aromatic N) is 1. The van der Waals surface area contributed by atoms with Gasteiger partial charge in [0, 0.05) is 6.21 Å². The normalized spacial score (nSPS) is 10.8. The lowest BCUT2D eigenvalue weighted by Gasteiger charge is -2.00. The van der Waals surface area contributed by atoms with Crippen molar-refractivity contribution in [2.24, 2.45) is 5.10 Å². The summed E-state index contributed by atoms with van der Waals surface area (Å²) in [6.45, 7) is 2.16. The van der Waals surface area contributed by atoms with Crippen molar-refractivity contribution in [2.75, 3.05) is 0 Å². The summed E-state index contributed by atoms with van der Waals surface area (Å²) in [5.74, 6) is -1.05. The molecule has 1 rings (SSSR count). The van der Waals surface area contributed by atoms with Crippen LogP contribution in [0.4, 0.5) is 4.39 Å². The number of rotatable bonds is 7. The molecule has 0 radical (unpaired) electrons. The highest BCUT2D eigenvalue weighted by atomic mass is 19.1. The summed E-state index contributed by atoms with van der Waals surface area (Å²) >= 11 is 0. The van der Waals surface area contributed by atoms with Gasteiger partial charge in [0.2, 0.25) is 0 Å². The van der Waals surface area contributed by atoms with Gasteiger partial charge in [0.1, 0.15) is 5.82 Å². The first-order valence-electron chi connectivity index (χ1n) is 6.32. The minimum atomic E-state index is -0.534. The van der Waals surface area contributed by atoms with E-state index >= 15 is 0 Å². The second-order valence-electron chi connectivity index (χ2n) is 4.08. The molecule has 0 spiro atoms. The highest BCUT2D eigenvalue weighted by Crippen LogP contribution is 2.05. The highest BCUT2D eigenvalue weighted by molar-refractivity contribution is 5.94. The first kappa shape index (κ1) is 14.4. The number of hydrogen-bond donors (Lipinski definition) is 1. The van der Waals surface area contributed by atoms with E-state index in [0.717, 1.165) is 12.8 Å². The monoisotopic (exact) mass is 250 g/mol. The standard InChI is InChI=1S/C14H19FN2O/c1-2-3-4-5-8-11-16-17-14(18)12-9-6-7-10-13(12)15/h6-7,9-11H,2-5,8H2,1H3,(H,17,18)/b16-11+. The molecular weight excluding hydrogens is 231 g/mol. The number of unbranched alkanes of at least 4 members (excludes halogenated alkanes) is 4. The first-order valence-corrected chi connectivity index (χ1v) is 6.32. The Morgan fingerprint density at radius 1 is 1.33 bits per heavy atom. The van der Waals surface area contributed by atoms with Crippen LogP contribution in [0.25, 0.3) is 0 Å². The van der Waals surface area contributed by atoms with E-state index < -0.39 is 11.7 Å². The molecule has 18 heavy (non-hydrogen) atoms. The molecule has 4 heteroatoms. The molecule has 0 heterocycles. The van der Waals surface area contributed by atoms with E-state index in [2.05, 4.69) is 17.5 Å². The van der Waals surface area contributed by atoms with Gasteiger partial charge in [-0.3, -0.25) is 4.79 Å². The van der Waals surface area contributed by atoms with Crippen molar-refractivity contribution in [1.29, 1.82) is 0 Å². The molecule has 0 aliphatic rings. The molecule has 0 saturated carbocycles. The largest absolute Gasteiger partial charge is 0.274 e. The zero-order chi connectivity index (χ0) is 13.2. The summed E-state index contributed by atoms with van der Waals surface area (Å²) in [6, 6.07) is 5.85. The fourth-order valence-corrected chi connectivity index (χ4v) is 1.54. The average molecular weight is 250 g/mol. The molecule has 0 saturated heterocycles. The van der Waals surface area contributed by atoms with Gasteiger partial charge in [-0.15, -0.1) is 0 Å². The molecule has 1 aromatic rings. The van der Waals surface area contributed by atoms with Gasteiger partial charge in [-0.25, -0.2) is 9.82 Å². The van der Waals surface area contributed by atoms with Gasteiger partial charge in [-0.1, -0.05) is 38.3 Å². The third-order valence-corrected chi connectivity index (χ3v) is 2.56. The van der Waals surface area contributed by atoms with Crippen LogP contribution in [0.1, 0.15) is 49.4 Å². The minimum Gasteiger partial charge on any atom is -0.267 e. The summed E-state index contributed by atoms with van der Waals surface area (Å²) in [5.41, 5.74) is 2.34. The predicted molar refractivity (Wildman–Crippen MR) is 71.1 cm³/mol. The highest BCUT2D eigenvalue weighted by Gasteiger charge is 2.08. The van der Waals surface area contributed by atoms with E-state index in [4.69, 9.17) is 0 Å². The molecular formula is C14H19FN2O. The molecule has 0 aromatic heterocycles. The van der Waals surface area contributed by atoms with E-state index in [9.17, 15) is 9.18 Å². The molecule has 1 aromatic carbocycles. The summed E-state index contributed by atoms with van der Waals surface area (Å²) in [6.07, 6.45) is 7.14. The van der Waals surface area contributed by atoms with E-state index in [-0.39, 0.29) is 5.56 Å². The smallest absolute Gasteiger partial charge is 0.267 e. The van der Waals surface area contributed by atoms with Crippen molar-refractivity contribution in [1.82, 2.24) is 5.43 Å². The van der Waals surface area contributed by atoms with Crippen LogP contribution in [-0.2, 0) is 0 Å². The lowest BCUT2D eigenvalue weighted by Crippen LogP contribution is -2.18. The van der Waals surface area contributed by atoms with Gasteiger partial charge >= 0.3 is 0 Å². The Morgan fingerprint density at radius 3 is 2.83 bits per heavy atom. The van der Waals surface area contributed by atoms with E-state index in [1.807, 2.05) is 0 Å². The Balaban J connectivity index is 2.29. The molecule has 1 amide bonds. The fourth-order valence-electron chi connectivity index (χ4n) is 1.54. The Hall–Kier alpha value is -1.71. The SMILES string of the molecule is CCCCCC/C=N/NC(=O)c1ccccc1F. The van der Waals surface area contributed by atoms with Gasteiger partial charge in [0.25, 0.3) is 5.91 Å². The molecule has 0 unspecified atom stereocenters. The third kappa shape index (κ3) is 5.08. The molecule has 0 fully saturated rings. The number of hydrazone groups is 1. The van der Waals surface area contributed by atoms with Gasteiger partial charge < -0.3 is 0 Å². The molecule has 0 bridgehead atoms. The zero-order valence-corrected chi connectivity index (χ0v) is 10.7. The fraction of sp³-hybridized carbons (Fsp3) is 0.429. The van der Waals surface area contributed by atoms with Crippen molar-refractivity contribution in [3.8, 4) is 0 Å². The van der Waals surface area contributed by atoms with Crippen LogP contribution in [0.15, 0.2) is 29.4 Å². The molecule has 3 nitrogen and oxygen atoms in total. The molecule has 98 valence electrons. The van der Waals surface area contributed by atoms with Gasteiger partial charge in [-0.2, -0.15) is 5.10 Å². The number of nitrogens with one attached hydrogen (secondary N) is 1. The van der Waals surface area contributed by atoms with Crippen LogP contribution in [0, 0.1) is 5.82 Å². The third-order valence-electron chi connectivity index (χ3n) is 2.56. The maximum absolute atomic E-state index is 13.2. The second-order valence-corrected chi connectivity index (χ2v) is 4.08. The maximum atomic E-state index is 13.2. The van der Waals surface area contributed by atoms with Crippen molar-refractivity contribution in [2.45, 2.75) is 39.0 Å². The topological polar surface area (TPSA) is 41.5 Å². The van der Waals surface area contributed by atoms with E-state index in [0.29, 0.717) is 0 Å². The Morgan fingerprint density at radius 2 is 2.11 bits per heavy atom. The van der Waals surface area contributed by atoms with Crippen LogP contribution in [0.2, 0.25) is 0 Å². The lowest BCUT2D eigenvalue weighted by molar-refractivity contribution is 0.0951. The maximum Gasteiger partial charge on any atom is 0.274 e. The van der Waals surface area contributed by atoms with Crippen molar-refractivity contribution in [3.63, 3.8) is 0 Å². The summed E-state index contributed by atoms with van der Waals surface area (Å²) < 4.78 is 13.2. The summed E-state index contributed by atoms with van der Waals surface area (Å²) in [5, 5.41) is 3.80. The average Bonchev–Trinajstić information content (AvgIpc) is 2.38. The quantitative estimate of drug-likeness (QED) is 0.449. The van der Waals surface area contributed by atoms with Gasteiger partial charge in [0.15, 0.2) is 0 Å². The number of carbonyl (C=O) groups excluding carboxylic acids is 1. The molecule has 0 aliphatic heterocycles. The van der Waals surface area contributed by atoms with Gasteiger partial charge in [0.05, 0.1) is 5.56 Å². The predicted octanol–water partition coefficient (Wildman–Crippen LogP) is 3.51. The second kappa shape index (κ2) is 8.39. The molecule has 1 N–H and O–H groups in total. The summed E-state index contributed by atoms with van der Waals surface area (Å²) in [4.78, 5) is 11.5. The Labute approximate surface area is 107 Å². The Kier molecular flexibility index (Phi) is 6.69. The van der Waals surface area contributed by atoms with Crippen LogP contribution in [0.3, 0.4) is 0 Å². The number of carbonyl (C=O) groups is 1. The van der Waals surface area contributed by atoms with Crippen molar-refractivity contribution < 1.29 is 9.18 Å². The van der Waals surface area contributed by atoms with Crippen LogP contribution in [-0.4, -0.2) is 12.1 Å². The summed E-state index contributed by atoms with van der Waals surface area (Å²) in [7, 11) is 0. The number of halogens is 1. The number of hydrogen-bond acceptors (Lipinski definition) is 2. The first-order chi connectivity index (χ1) is 8.75. The van der Waals surface area contributed by atoms with E-state index in [1.54, 1.807) is 18.3 Å². The Bertz CT molecular complexity index is 405. The molecule has 0 aliphatic carbocycles. The number of amides is 1. The number of benzene rings is 1. The zero-order valence-electron chi connectivity index (χ0n) is 10.7. The van der Waals surface area contributed by atoms with Crippen LogP contribution < -0.4 is 5.43 Å².